The third-order valence-electron chi connectivity index (χ3n) is 5.06. The van der Waals surface area contributed by atoms with Crippen LogP contribution >= 0.6 is 0 Å². The highest BCUT2D eigenvalue weighted by Crippen LogP contribution is 2.26. The molecule has 3 heterocycles. The second-order valence-electron chi connectivity index (χ2n) is 7.56. The van der Waals surface area contributed by atoms with Crippen LogP contribution in [0.25, 0.3) is 5.65 Å². The van der Waals surface area contributed by atoms with E-state index in [2.05, 4.69) is 15.4 Å². The number of nitrogens with one attached hydrogen (secondary N) is 2. The lowest BCUT2D eigenvalue weighted by Gasteiger charge is -2.12. The van der Waals surface area contributed by atoms with Gasteiger partial charge in [0.15, 0.2) is 5.65 Å². The molecule has 1 aliphatic rings. The monoisotopic (exact) mass is 373 g/mol. The Morgan fingerprint density at radius 1 is 1.41 bits per heavy atom. The summed E-state index contributed by atoms with van der Waals surface area (Å²) < 4.78 is 1.45. The highest BCUT2D eigenvalue weighted by atomic mass is 16.2. The van der Waals surface area contributed by atoms with Gasteiger partial charge in [0.1, 0.15) is 0 Å². The zero-order valence-corrected chi connectivity index (χ0v) is 16.3. The minimum absolute atomic E-state index is 0.0710. The molecular weight excluding hydrogens is 346 g/mol. The summed E-state index contributed by atoms with van der Waals surface area (Å²) in [6.45, 7) is 8.57. The maximum absolute atomic E-state index is 12.9. The van der Waals surface area contributed by atoms with Gasteiger partial charge in [-0.25, -0.2) is 9.50 Å². The maximum Gasteiger partial charge on any atom is 0.276 e. The molecule has 1 aliphatic heterocycles. The van der Waals surface area contributed by atoms with E-state index in [-0.39, 0.29) is 35.8 Å². The summed E-state index contributed by atoms with van der Waals surface area (Å²) in [4.78, 5) is 42.7. The minimum atomic E-state index is -0.164. The topological polar surface area (TPSA) is 99.6 Å². The quantitative estimate of drug-likeness (QED) is 0.820. The van der Waals surface area contributed by atoms with Crippen LogP contribution in [0.2, 0.25) is 0 Å². The van der Waals surface area contributed by atoms with Gasteiger partial charge in [-0.15, -0.1) is 0 Å². The molecule has 1 saturated heterocycles. The molecule has 2 amide bonds. The number of H-pyrrole nitrogens is 1. The number of hydrogen-bond donors (Lipinski definition) is 2. The average molecular weight is 373 g/mol. The summed E-state index contributed by atoms with van der Waals surface area (Å²) in [5.41, 5.74) is 2.53. The molecule has 2 aromatic heterocycles. The normalized spacial score (nSPS) is 17.1. The molecule has 146 valence electrons. The lowest BCUT2D eigenvalue weighted by atomic mass is 10.1. The van der Waals surface area contributed by atoms with Gasteiger partial charge in [-0.2, -0.15) is 0 Å². The van der Waals surface area contributed by atoms with Crippen molar-refractivity contribution in [3.8, 4) is 0 Å². The Labute approximate surface area is 157 Å². The molecule has 0 saturated carbocycles. The molecule has 8 heteroatoms. The molecule has 3 rings (SSSR count). The van der Waals surface area contributed by atoms with Crippen LogP contribution in [0, 0.1) is 6.92 Å². The Morgan fingerprint density at radius 3 is 2.78 bits per heavy atom. The lowest BCUT2D eigenvalue weighted by Crippen LogP contribution is -2.31. The van der Waals surface area contributed by atoms with Crippen molar-refractivity contribution >= 4 is 17.5 Å². The first kappa shape index (κ1) is 19.1. The van der Waals surface area contributed by atoms with Crippen molar-refractivity contribution in [2.75, 3.05) is 13.1 Å². The van der Waals surface area contributed by atoms with Crippen LogP contribution in [0.1, 0.15) is 56.5 Å². The molecule has 0 radical (unpaired) electrons. The first-order valence-electron chi connectivity index (χ1n) is 9.42. The smallest absolute Gasteiger partial charge is 0.276 e. The van der Waals surface area contributed by atoms with Crippen LogP contribution in [0.15, 0.2) is 10.9 Å². The van der Waals surface area contributed by atoms with Crippen LogP contribution in [0.5, 0.6) is 0 Å². The molecule has 0 unspecified atom stereocenters. The first-order valence-corrected chi connectivity index (χ1v) is 9.42. The molecular formula is C19H27N5O3. The van der Waals surface area contributed by atoms with Crippen molar-refractivity contribution in [2.24, 2.45) is 0 Å². The number of nitrogens with zero attached hydrogens (tertiary/aromatic N) is 3. The maximum atomic E-state index is 12.9. The van der Waals surface area contributed by atoms with Crippen LogP contribution < -0.4 is 10.9 Å². The van der Waals surface area contributed by atoms with Crippen molar-refractivity contribution in [1.82, 2.24) is 24.8 Å². The van der Waals surface area contributed by atoms with Gasteiger partial charge in [-0.3, -0.25) is 19.5 Å². The lowest BCUT2D eigenvalue weighted by molar-refractivity contribution is -0.127. The van der Waals surface area contributed by atoms with E-state index in [1.807, 2.05) is 24.8 Å². The first-order chi connectivity index (χ1) is 12.8. The highest BCUT2D eigenvalue weighted by Gasteiger charge is 2.27. The summed E-state index contributed by atoms with van der Waals surface area (Å²) in [5.74, 6) is 0.175. The Morgan fingerprint density at radius 2 is 2.15 bits per heavy atom. The second-order valence-corrected chi connectivity index (χ2v) is 7.56. The standard InChI is InChI=1S/C19H27N5O3/c1-11(2)20-18(26)6-5-15-12(3)21-17-9-16(22-24(17)19(15)27)14-7-8-23(10-14)13(4)25/h9,11,14,22H,5-8,10H2,1-4H3,(H,20,26)/t14-/m0/s1. The van der Waals surface area contributed by atoms with E-state index in [9.17, 15) is 14.4 Å². The number of aromatic amines is 1. The Hall–Kier alpha value is -2.64. The van der Waals surface area contributed by atoms with Crippen molar-refractivity contribution in [1.29, 1.82) is 0 Å². The van der Waals surface area contributed by atoms with Crippen LogP contribution in [0.4, 0.5) is 0 Å². The Kier molecular flexibility index (Phi) is 5.34. The van der Waals surface area contributed by atoms with Gasteiger partial charge in [0.05, 0.1) is 0 Å². The third-order valence-corrected chi connectivity index (χ3v) is 5.06. The highest BCUT2D eigenvalue weighted by molar-refractivity contribution is 5.76. The van der Waals surface area contributed by atoms with Crippen molar-refractivity contribution in [2.45, 2.75) is 58.9 Å². The summed E-state index contributed by atoms with van der Waals surface area (Å²) in [6.07, 6.45) is 1.48. The molecule has 27 heavy (non-hydrogen) atoms. The predicted molar refractivity (Wildman–Crippen MR) is 102 cm³/mol. The number of amides is 2. The molecule has 0 aliphatic carbocycles. The van der Waals surface area contributed by atoms with Crippen molar-refractivity contribution in [3.63, 3.8) is 0 Å². The fraction of sp³-hybridized carbons (Fsp3) is 0.579. The van der Waals surface area contributed by atoms with E-state index >= 15 is 0 Å². The fourth-order valence-electron chi connectivity index (χ4n) is 3.62. The number of fused-ring (bicyclic) bond motifs is 1. The Balaban J connectivity index is 1.83. The van der Waals surface area contributed by atoms with Crippen molar-refractivity contribution in [3.05, 3.63) is 33.4 Å². The van der Waals surface area contributed by atoms with Gasteiger partial charge in [-0.05, 0) is 33.6 Å². The molecule has 8 nitrogen and oxygen atoms in total. The number of hydrogen-bond acceptors (Lipinski definition) is 4. The van der Waals surface area contributed by atoms with Gasteiger partial charge in [0.2, 0.25) is 11.8 Å². The number of aryl methyl sites for hydroxylation is 1. The summed E-state index contributed by atoms with van der Waals surface area (Å²) in [7, 11) is 0. The predicted octanol–water partition coefficient (Wildman–Crippen LogP) is 1.12. The molecule has 1 fully saturated rings. The number of carbonyl (C=O) groups is 2. The molecule has 2 N–H and O–H groups in total. The van der Waals surface area contributed by atoms with Crippen molar-refractivity contribution < 1.29 is 9.59 Å². The zero-order valence-electron chi connectivity index (χ0n) is 16.3. The van der Waals surface area contributed by atoms with E-state index in [1.54, 1.807) is 13.8 Å². The second kappa shape index (κ2) is 7.54. The largest absolute Gasteiger partial charge is 0.354 e. The van der Waals surface area contributed by atoms with Crippen LogP contribution in [0.3, 0.4) is 0 Å². The zero-order chi connectivity index (χ0) is 19.7. The van der Waals surface area contributed by atoms with E-state index in [0.717, 1.165) is 18.7 Å². The van der Waals surface area contributed by atoms with E-state index in [1.165, 1.54) is 4.52 Å². The molecule has 0 spiro atoms. The van der Waals surface area contributed by atoms with Gasteiger partial charge < -0.3 is 10.2 Å². The Bertz CT molecular complexity index is 927. The van der Waals surface area contributed by atoms with Crippen LogP contribution in [-0.4, -0.2) is 50.4 Å². The summed E-state index contributed by atoms with van der Waals surface area (Å²) >= 11 is 0. The van der Waals surface area contributed by atoms with Gasteiger partial charge in [0.25, 0.3) is 5.56 Å². The summed E-state index contributed by atoms with van der Waals surface area (Å²) in [6, 6.07) is 1.96. The van der Waals surface area contributed by atoms with E-state index < -0.39 is 0 Å². The van der Waals surface area contributed by atoms with Gasteiger partial charge in [0, 0.05) is 61.4 Å². The summed E-state index contributed by atoms with van der Waals surface area (Å²) in [5, 5.41) is 5.99. The van der Waals surface area contributed by atoms with Crippen LogP contribution in [-0.2, 0) is 16.0 Å². The number of carbonyl (C=O) groups excluding carboxylic acids is 2. The molecule has 0 aromatic carbocycles. The fourth-order valence-corrected chi connectivity index (χ4v) is 3.62. The molecule has 1 atom stereocenters. The SMILES string of the molecule is CC(=O)N1CC[C@H](c2cc3nc(C)c(CCC(=O)NC(C)C)c(=O)n3[nH]2)C1. The van der Waals surface area contributed by atoms with E-state index in [4.69, 9.17) is 0 Å². The van der Waals surface area contributed by atoms with E-state index in [0.29, 0.717) is 29.9 Å². The number of rotatable bonds is 5. The van der Waals surface area contributed by atoms with Gasteiger partial charge >= 0.3 is 0 Å². The molecule has 2 aromatic rings. The third kappa shape index (κ3) is 4.04. The number of likely N-dealkylation sites (tertiary alicyclic amines) is 1. The number of aromatic nitrogens is 3. The molecule has 0 bridgehead atoms. The minimum Gasteiger partial charge on any atom is -0.354 e. The average Bonchev–Trinajstić information content (AvgIpc) is 3.20. The van der Waals surface area contributed by atoms with Gasteiger partial charge in [-0.1, -0.05) is 0 Å².